The van der Waals surface area contributed by atoms with Gasteiger partial charge in [0.2, 0.25) is 0 Å². The lowest BCUT2D eigenvalue weighted by molar-refractivity contribution is 0.245. The van der Waals surface area contributed by atoms with Crippen LogP contribution in [0.5, 0.6) is 0 Å². The van der Waals surface area contributed by atoms with Crippen molar-refractivity contribution in [2.45, 2.75) is 56.7 Å². The van der Waals surface area contributed by atoms with Gasteiger partial charge >= 0.3 is 0 Å². The fourth-order valence-corrected chi connectivity index (χ4v) is 3.53. The van der Waals surface area contributed by atoms with Gasteiger partial charge in [0.05, 0.1) is 0 Å². The first-order valence-corrected chi connectivity index (χ1v) is 7.97. The van der Waals surface area contributed by atoms with E-state index in [0.717, 1.165) is 18.2 Å². The second-order valence-corrected chi connectivity index (χ2v) is 5.94. The quantitative estimate of drug-likeness (QED) is 0.723. The molecule has 1 aliphatic rings. The van der Waals surface area contributed by atoms with E-state index in [9.17, 15) is 0 Å². The summed E-state index contributed by atoms with van der Waals surface area (Å²) >= 11 is 2.01. The number of rotatable bonds is 7. The van der Waals surface area contributed by atoms with E-state index in [1.807, 2.05) is 11.8 Å². The molecule has 0 aromatic rings. The highest BCUT2D eigenvalue weighted by Crippen LogP contribution is 2.27. The molecule has 0 heterocycles. The molecule has 3 atom stereocenters. The minimum Gasteiger partial charge on any atom is -0.396 e. The van der Waals surface area contributed by atoms with E-state index in [1.54, 1.807) is 0 Å². The van der Waals surface area contributed by atoms with Crippen molar-refractivity contribution in [3.8, 4) is 0 Å². The predicted octanol–water partition coefficient (Wildman–Crippen LogP) is 2.66. The Hall–Kier alpha value is 0.270. The molecular weight excluding hydrogens is 218 g/mol. The second kappa shape index (κ2) is 8.37. The summed E-state index contributed by atoms with van der Waals surface area (Å²) in [6.45, 7) is 3.63. The van der Waals surface area contributed by atoms with Crippen molar-refractivity contribution in [3.63, 3.8) is 0 Å². The van der Waals surface area contributed by atoms with Crippen molar-refractivity contribution in [3.05, 3.63) is 0 Å². The van der Waals surface area contributed by atoms with Crippen LogP contribution in [0, 0.1) is 5.92 Å². The number of nitrogens with one attached hydrogen (secondary N) is 1. The third-order valence-electron chi connectivity index (χ3n) is 3.79. The van der Waals surface area contributed by atoms with E-state index in [2.05, 4.69) is 18.5 Å². The minimum absolute atomic E-state index is 0.330. The Bertz CT molecular complexity index is 177. The van der Waals surface area contributed by atoms with Gasteiger partial charge in [0.25, 0.3) is 0 Å². The molecule has 0 spiro atoms. The lowest BCUT2D eigenvalue weighted by Gasteiger charge is -2.32. The molecule has 3 unspecified atom stereocenters. The number of hydrogen-bond donors (Lipinski definition) is 2. The lowest BCUT2D eigenvalue weighted by atomic mass is 9.94. The van der Waals surface area contributed by atoms with E-state index >= 15 is 0 Å². The maximum absolute atomic E-state index is 8.97. The van der Waals surface area contributed by atoms with Crippen LogP contribution in [0.2, 0.25) is 0 Å². The van der Waals surface area contributed by atoms with Gasteiger partial charge in [-0.15, -0.1) is 0 Å². The molecule has 16 heavy (non-hydrogen) atoms. The summed E-state index contributed by atoms with van der Waals surface area (Å²) < 4.78 is 0. The average molecular weight is 245 g/mol. The largest absolute Gasteiger partial charge is 0.396 e. The molecule has 1 rings (SSSR count). The van der Waals surface area contributed by atoms with Crippen molar-refractivity contribution < 1.29 is 5.11 Å². The molecule has 1 fully saturated rings. The first kappa shape index (κ1) is 14.3. The first-order valence-electron chi connectivity index (χ1n) is 6.68. The van der Waals surface area contributed by atoms with Crippen LogP contribution in [0.3, 0.4) is 0 Å². The second-order valence-electron chi connectivity index (χ2n) is 4.86. The monoisotopic (exact) mass is 245 g/mol. The zero-order valence-corrected chi connectivity index (χ0v) is 11.6. The van der Waals surface area contributed by atoms with Crippen molar-refractivity contribution in [2.75, 3.05) is 19.4 Å². The summed E-state index contributed by atoms with van der Waals surface area (Å²) in [7, 11) is 0. The lowest BCUT2D eigenvalue weighted by Crippen LogP contribution is -2.42. The highest BCUT2D eigenvalue weighted by atomic mass is 32.2. The zero-order chi connectivity index (χ0) is 11.8. The summed E-state index contributed by atoms with van der Waals surface area (Å²) in [6.07, 6.45) is 9.83. The van der Waals surface area contributed by atoms with Crippen LogP contribution in [-0.4, -0.2) is 35.8 Å². The van der Waals surface area contributed by atoms with Gasteiger partial charge in [-0.2, -0.15) is 11.8 Å². The van der Waals surface area contributed by atoms with E-state index < -0.39 is 0 Å². The van der Waals surface area contributed by atoms with Gasteiger partial charge in [0.1, 0.15) is 0 Å². The third kappa shape index (κ3) is 4.64. The maximum Gasteiger partial charge on any atom is 0.0434 e. The van der Waals surface area contributed by atoms with E-state index in [1.165, 1.54) is 32.1 Å². The van der Waals surface area contributed by atoms with Gasteiger partial charge in [-0.1, -0.05) is 26.2 Å². The van der Waals surface area contributed by atoms with E-state index in [4.69, 9.17) is 5.11 Å². The normalized spacial score (nSPS) is 27.9. The number of aliphatic hydroxyl groups excluding tert-OH is 1. The van der Waals surface area contributed by atoms with Crippen LogP contribution >= 0.6 is 11.8 Å². The molecule has 0 saturated heterocycles. The number of thioether (sulfide) groups is 1. The fourth-order valence-electron chi connectivity index (χ4n) is 2.56. The van der Waals surface area contributed by atoms with E-state index in [0.29, 0.717) is 18.6 Å². The molecule has 2 N–H and O–H groups in total. The van der Waals surface area contributed by atoms with Crippen LogP contribution in [0.15, 0.2) is 0 Å². The van der Waals surface area contributed by atoms with Gasteiger partial charge in [0, 0.05) is 17.9 Å². The maximum atomic E-state index is 8.97. The average Bonchev–Trinajstić information content (AvgIpc) is 2.34. The summed E-state index contributed by atoms with van der Waals surface area (Å²) in [5.41, 5.74) is 0. The van der Waals surface area contributed by atoms with Gasteiger partial charge < -0.3 is 10.4 Å². The van der Waals surface area contributed by atoms with Crippen LogP contribution in [0.4, 0.5) is 0 Å². The van der Waals surface area contributed by atoms with Crippen LogP contribution < -0.4 is 5.32 Å². The van der Waals surface area contributed by atoms with Crippen LogP contribution in [0.25, 0.3) is 0 Å². The highest BCUT2D eigenvalue weighted by molar-refractivity contribution is 7.99. The molecule has 1 saturated carbocycles. The molecule has 96 valence electrons. The Kier molecular flexibility index (Phi) is 7.50. The highest BCUT2D eigenvalue weighted by Gasteiger charge is 2.24. The molecule has 0 radical (unpaired) electrons. The molecule has 0 bridgehead atoms. The SMILES string of the molecule is CCC(CCO)CNC1CCCCC1SC. The van der Waals surface area contributed by atoms with Crippen LogP contribution in [0.1, 0.15) is 45.4 Å². The Morgan fingerprint density at radius 1 is 1.38 bits per heavy atom. The topological polar surface area (TPSA) is 32.3 Å². The van der Waals surface area contributed by atoms with Gasteiger partial charge in [-0.25, -0.2) is 0 Å². The van der Waals surface area contributed by atoms with Crippen molar-refractivity contribution in [2.24, 2.45) is 5.92 Å². The summed E-state index contributed by atoms with van der Waals surface area (Å²) in [5, 5.41) is 13.5. The van der Waals surface area contributed by atoms with Crippen molar-refractivity contribution in [1.29, 1.82) is 0 Å². The summed E-state index contributed by atoms with van der Waals surface area (Å²) in [5.74, 6) is 0.648. The smallest absolute Gasteiger partial charge is 0.0434 e. The Morgan fingerprint density at radius 3 is 2.75 bits per heavy atom. The van der Waals surface area contributed by atoms with Crippen molar-refractivity contribution in [1.82, 2.24) is 5.32 Å². The van der Waals surface area contributed by atoms with Gasteiger partial charge in [-0.05, 0) is 38.0 Å². The number of aliphatic hydroxyl groups is 1. The Morgan fingerprint density at radius 2 is 2.12 bits per heavy atom. The predicted molar refractivity (Wildman–Crippen MR) is 73.0 cm³/mol. The molecule has 0 amide bonds. The molecular formula is C13H27NOS. The fraction of sp³-hybridized carbons (Fsp3) is 1.00. The zero-order valence-electron chi connectivity index (χ0n) is 10.7. The first-order chi connectivity index (χ1) is 7.81. The Labute approximate surface area is 105 Å². The number of hydrogen-bond acceptors (Lipinski definition) is 3. The third-order valence-corrected chi connectivity index (χ3v) is 4.96. The van der Waals surface area contributed by atoms with Crippen LogP contribution in [-0.2, 0) is 0 Å². The van der Waals surface area contributed by atoms with Crippen molar-refractivity contribution >= 4 is 11.8 Å². The molecule has 0 aromatic heterocycles. The van der Waals surface area contributed by atoms with Gasteiger partial charge in [-0.3, -0.25) is 0 Å². The molecule has 3 heteroatoms. The van der Waals surface area contributed by atoms with Gasteiger partial charge in [0.15, 0.2) is 0 Å². The molecule has 0 aromatic carbocycles. The molecule has 2 nitrogen and oxygen atoms in total. The summed E-state index contributed by atoms with van der Waals surface area (Å²) in [6, 6.07) is 0.705. The standard InChI is InChI=1S/C13H27NOS/c1-3-11(8-9-15)10-14-12-6-4-5-7-13(12)16-2/h11-15H,3-10H2,1-2H3. The summed E-state index contributed by atoms with van der Waals surface area (Å²) in [4.78, 5) is 0. The molecule has 1 aliphatic carbocycles. The van der Waals surface area contributed by atoms with E-state index in [-0.39, 0.29) is 0 Å². The Balaban J connectivity index is 2.28. The minimum atomic E-state index is 0.330. The molecule has 0 aliphatic heterocycles.